The van der Waals surface area contributed by atoms with Crippen LogP contribution in [0.3, 0.4) is 0 Å². The lowest BCUT2D eigenvalue weighted by molar-refractivity contribution is 0.0364. The molecule has 5 heteroatoms. The van der Waals surface area contributed by atoms with Crippen LogP contribution in [0.2, 0.25) is 5.02 Å². The minimum Gasteiger partial charge on any atom is -0.310 e. The number of aromatic nitrogens is 2. The summed E-state index contributed by atoms with van der Waals surface area (Å²) in [4.78, 5) is 2.40. The molecule has 0 radical (unpaired) electrons. The first-order valence-electron chi connectivity index (χ1n) is 8.02. The van der Waals surface area contributed by atoms with Crippen LogP contribution in [0.15, 0.2) is 6.20 Å². The molecule has 0 bridgehead atoms. The van der Waals surface area contributed by atoms with Crippen LogP contribution in [0.5, 0.6) is 0 Å². The maximum absolute atomic E-state index is 6.48. The topological polar surface area (TPSA) is 33.1 Å². The number of nitrogens with zero attached hydrogens (tertiary/aromatic N) is 3. The fourth-order valence-corrected chi connectivity index (χ4v) is 4.31. The standard InChI is InChI=1S/C16H29ClN4/c1-6-21-14(13(17)11-19-21)15(18-3)16(20(4)5)9-7-8-12(2)10-16/h11-12,15,18H,6-10H2,1-5H3. The van der Waals surface area contributed by atoms with Crippen LogP contribution in [0.4, 0.5) is 0 Å². The summed E-state index contributed by atoms with van der Waals surface area (Å²) in [5.74, 6) is 0.744. The number of rotatable bonds is 5. The highest BCUT2D eigenvalue weighted by molar-refractivity contribution is 6.31. The van der Waals surface area contributed by atoms with E-state index in [0.717, 1.165) is 23.2 Å². The first-order chi connectivity index (χ1) is 9.96. The Hall–Kier alpha value is -0.580. The van der Waals surface area contributed by atoms with E-state index in [-0.39, 0.29) is 11.6 Å². The maximum Gasteiger partial charge on any atom is 0.0834 e. The SMILES string of the molecule is CCn1ncc(Cl)c1C(NC)C1(N(C)C)CCCC(C)C1. The molecule has 0 saturated heterocycles. The Balaban J connectivity index is 2.47. The molecule has 4 nitrogen and oxygen atoms in total. The molecule has 1 aromatic heterocycles. The minimum absolute atomic E-state index is 0.100. The van der Waals surface area contributed by atoms with Crippen molar-refractivity contribution in [2.24, 2.45) is 5.92 Å². The molecule has 3 unspecified atom stereocenters. The molecule has 1 aromatic rings. The zero-order valence-corrected chi connectivity index (χ0v) is 14.7. The molecule has 0 aliphatic heterocycles. The predicted octanol–water partition coefficient (Wildman–Crippen LogP) is 3.33. The van der Waals surface area contributed by atoms with Crippen molar-refractivity contribution < 1.29 is 0 Å². The van der Waals surface area contributed by atoms with Crippen molar-refractivity contribution in [1.82, 2.24) is 20.0 Å². The van der Waals surface area contributed by atoms with Gasteiger partial charge < -0.3 is 10.2 Å². The van der Waals surface area contributed by atoms with Crippen molar-refractivity contribution in [1.29, 1.82) is 0 Å². The Bertz CT molecular complexity index is 471. The highest BCUT2D eigenvalue weighted by Gasteiger charge is 2.45. The van der Waals surface area contributed by atoms with Crippen molar-refractivity contribution in [3.05, 3.63) is 16.9 Å². The average Bonchev–Trinajstić information content (AvgIpc) is 2.81. The molecule has 1 heterocycles. The van der Waals surface area contributed by atoms with Crippen molar-refractivity contribution >= 4 is 11.6 Å². The van der Waals surface area contributed by atoms with Crippen molar-refractivity contribution in [2.75, 3.05) is 21.1 Å². The molecule has 1 fully saturated rings. The third-order valence-electron chi connectivity index (χ3n) is 5.13. The largest absolute Gasteiger partial charge is 0.310 e. The summed E-state index contributed by atoms with van der Waals surface area (Å²) in [5.41, 5.74) is 1.23. The monoisotopic (exact) mass is 312 g/mol. The highest BCUT2D eigenvalue weighted by atomic mass is 35.5. The lowest BCUT2D eigenvalue weighted by atomic mass is 9.70. The van der Waals surface area contributed by atoms with Gasteiger partial charge in [0.25, 0.3) is 0 Å². The predicted molar refractivity (Wildman–Crippen MR) is 88.8 cm³/mol. The van der Waals surface area contributed by atoms with E-state index in [4.69, 9.17) is 11.6 Å². The highest BCUT2D eigenvalue weighted by Crippen LogP contribution is 2.45. The third kappa shape index (κ3) is 2.99. The lowest BCUT2D eigenvalue weighted by Crippen LogP contribution is -2.56. The number of likely N-dealkylation sites (N-methyl/N-ethyl adjacent to an activating group) is 2. The third-order valence-corrected chi connectivity index (χ3v) is 5.42. The van der Waals surface area contributed by atoms with E-state index in [9.17, 15) is 0 Å². The summed E-state index contributed by atoms with van der Waals surface area (Å²) in [6, 6.07) is 0.199. The van der Waals surface area contributed by atoms with Gasteiger partial charge in [-0.15, -0.1) is 0 Å². The quantitative estimate of drug-likeness (QED) is 0.905. The Morgan fingerprint density at radius 1 is 1.57 bits per heavy atom. The van der Waals surface area contributed by atoms with Crippen LogP contribution in [0, 0.1) is 5.92 Å². The number of hydrogen-bond donors (Lipinski definition) is 1. The summed E-state index contributed by atoms with van der Waals surface area (Å²) in [6.45, 7) is 5.33. The van der Waals surface area contributed by atoms with Gasteiger partial charge in [-0.3, -0.25) is 4.68 Å². The summed E-state index contributed by atoms with van der Waals surface area (Å²) in [6.07, 6.45) is 6.76. The average molecular weight is 313 g/mol. The summed E-state index contributed by atoms with van der Waals surface area (Å²) in [5, 5.41) is 8.75. The van der Waals surface area contributed by atoms with Gasteiger partial charge in [-0.05, 0) is 46.8 Å². The van der Waals surface area contributed by atoms with Gasteiger partial charge in [-0.25, -0.2) is 0 Å². The molecule has 3 atom stereocenters. The van der Waals surface area contributed by atoms with Crippen LogP contribution >= 0.6 is 11.6 Å². The fraction of sp³-hybridized carbons (Fsp3) is 0.812. The molecule has 1 N–H and O–H groups in total. The van der Waals surface area contributed by atoms with Gasteiger partial charge in [0.2, 0.25) is 0 Å². The molecular formula is C16H29ClN4. The van der Waals surface area contributed by atoms with Gasteiger partial charge in [0, 0.05) is 12.1 Å². The second-order valence-electron chi connectivity index (χ2n) is 6.61. The molecule has 1 aliphatic carbocycles. The van der Waals surface area contributed by atoms with E-state index < -0.39 is 0 Å². The zero-order chi connectivity index (χ0) is 15.6. The van der Waals surface area contributed by atoms with E-state index in [1.807, 2.05) is 11.7 Å². The lowest BCUT2D eigenvalue weighted by Gasteiger charge is -2.50. The Morgan fingerprint density at radius 2 is 2.29 bits per heavy atom. The number of halogens is 1. The van der Waals surface area contributed by atoms with Gasteiger partial charge in [-0.1, -0.05) is 31.4 Å². The van der Waals surface area contributed by atoms with Crippen LogP contribution in [0.1, 0.15) is 51.3 Å². The Kier molecular flexibility index (Phi) is 5.33. The first-order valence-corrected chi connectivity index (χ1v) is 8.40. The van der Waals surface area contributed by atoms with Gasteiger partial charge in [0.05, 0.1) is 23.0 Å². The summed E-state index contributed by atoms with van der Waals surface area (Å²) in [7, 11) is 6.43. The van der Waals surface area contributed by atoms with Crippen molar-refractivity contribution in [2.45, 2.75) is 57.7 Å². The Morgan fingerprint density at radius 3 is 2.81 bits per heavy atom. The number of nitrogens with one attached hydrogen (secondary N) is 1. The molecule has 120 valence electrons. The van der Waals surface area contributed by atoms with Crippen molar-refractivity contribution in [3.8, 4) is 0 Å². The van der Waals surface area contributed by atoms with Crippen molar-refractivity contribution in [3.63, 3.8) is 0 Å². The molecule has 0 aromatic carbocycles. The smallest absolute Gasteiger partial charge is 0.0834 e. The van der Waals surface area contributed by atoms with Crippen LogP contribution in [-0.2, 0) is 6.54 Å². The molecule has 0 spiro atoms. The zero-order valence-electron chi connectivity index (χ0n) is 14.0. The number of hydrogen-bond acceptors (Lipinski definition) is 3. The van der Waals surface area contributed by atoms with E-state index >= 15 is 0 Å². The minimum atomic E-state index is 0.100. The maximum atomic E-state index is 6.48. The summed E-state index contributed by atoms with van der Waals surface area (Å²) < 4.78 is 2.04. The van der Waals surface area contributed by atoms with E-state index in [2.05, 4.69) is 43.3 Å². The molecular weight excluding hydrogens is 284 g/mol. The van der Waals surface area contributed by atoms with Gasteiger partial charge >= 0.3 is 0 Å². The second-order valence-corrected chi connectivity index (χ2v) is 7.02. The normalized spacial score (nSPS) is 28.0. The van der Waals surface area contributed by atoms with Gasteiger partial charge in [0.1, 0.15) is 0 Å². The molecule has 1 saturated carbocycles. The van der Waals surface area contributed by atoms with E-state index in [0.29, 0.717) is 0 Å². The molecule has 1 aliphatic rings. The van der Waals surface area contributed by atoms with Crippen LogP contribution in [0.25, 0.3) is 0 Å². The van der Waals surface area contributed by atoms with E-state index in [1.54, 1.807) is 6.20 Å². The number of aryl methyl sites for hydroxylation is 1. The molecule has 0 amide bonds. The van der Waals surface area contributed by atoms with E-state index in [1.165, 1.54) is 25.7 Å². The van der Waals surface area contributed by atoms with Crippen LogP contribution < -0.4 is 5.32 Å². The van der Waals surface area contributed by atoms with Crippen LogP contribution in [-0.4, -0.2) is 41.4 Å². The fourth-order valence-electron chi connectivity index (χ4n) is 4.06. The Labute approximate surface area is 133 Å². The van der Waals surface area contributed by atoms with Gasteiger partial charge in [0.15, 0.2) is 0 Å². The first kappa shape index (κ1) is 16.8. The summed E-state index contributed by atoms with van der Waals surface area (Å²) >= 11 is 6.48. The molecule has 21 heavy (non-hydrogen) atoms. The second kappa shape index (κ2) is 6.67. The molecule has 2 rings (SSSR count). The van der Waals surface area contributed by atoms with Gasteiger partial charge in [-0.2, -0.15) is 5.10 Å².